The van der Waals surface area contributed by atoms with Gasteiger partial charge in [0.1, 0.15) is 5.75 Å². The Morgan fingerprint density at radius 1 is 1.62 bits per heavy atom. The molecule has 0 aliphatic rings. The van der Waals surface area contributed by atoms with Crippen LogP contribution < -0.4 is 15.8 Å². The van der Waals surface area contributed by atoms with E-state index in [-0.39, 0.29) is 11.9 Å². The summed E-state index contributed by atoms with van der Waals surface area (Å²) in [6, 6.07) is 4.81. The van der Waals surface area contributed by atoms with Crippen molar-refractivity contribution in [1.29, 1.82) is 0 Å². The average Bonchev–Trinajstić information content (AvgIpc) is 2.28. The minimum atomic E-state index is -0.239. The number of nitrogens with two attached hydrogens (primary N) is 1. The lowest BCUT2D eigenvalue weighted by molar-refractivity contribution is 0.0938. The van der Waals surface area contributed by atoms with Crippen molar-refractivity contribution < 1.29 is 9.53 Å². The molecule has 88 valence electrons. The zero-order valence-corrected chi connectivity index (χ0v) is 10.0. The smallest absolute Gasteiger partial charge is 0.255 e. The standard InChI is InChI=1S/C11H15ClN2O2/c1-7(6-13)14-11(15)9-5-8(12)3-4-10(9)16-2/h3-5,7H,6,13H2,1-2H3,(H,14,15)/t7-/m0/s1. The Bertz CT molecular complexity index is 382. The predicted molar refractivity (Wildman–Crippen MR) is 64.0 cm³/mol. The molecule has 0 saturated heterocycles. The molecule has 0 aromatic heterocycles. The van der Waals surface area contributed by atoms with Crippen molar-refractivity contribution in [1.82, 2.24) is 5.32 Å². The summed E-state index contributed by atoms with van der Waals surface area (Å²) < 4.78 is 5.09. The minimum Gasteiger partial charge on any atom is -0.496 e. The van der Waals surface area contributed by atoms with E-state index >= 15 is 0 Å². The van der Waals surface area contributed by atoms with E-state index in [9.17, 15) is 4.79 Å². The summed E-state index contributed by atoms with van der Waals surface area (Å²) in [5.41, 5.74) is 5.84. The van der Waals surface area contributed by atoms with E-state index in [0.717, 1.165) is 0 Å². The molecule has 0 unspecified atom stereocenters. The Kier molecular flexibility index (Phi) is 4.58. The van der Waals surface area contributed by atoms with E-state index in [1.165, 1.54) is 7.11 Å². The van der Waals surface area contributed by atoms with Crippen molar-refractivity contribution in [3.05, 3.63) is 28.8 Å². The summed E-state index contributed by atoms with van der Waals surface area (Å²) in [4.78, 5) is 11.8. The molecule has 0 radical (unpaired) electrons. The number of carbonyl (C=O) groups excluding carboxylic acids is 1. The number of halogens is 1. The first-order valence-corrected chi connectivity index (χ1v) is 5.30. The van der Waals surface area contributed by atoms with Crippen LogP contribution in [0.25, 0.3) is 0 Å². The molecule has 16 heavy (non-hydrogen) atoms. The molecule has 1 rings (SSSR count). The number of carbonyl (C=O) groups is 1. The van der Waals surface area contributed by atoms with Crippen molar-refractivity contribution in [3.8, 4) is 5.75 Å². The van der Waals surface area contributed by atoms with Gasteiger partial charge in [-0.1, -0.05) is 11.6 Å². The number of rotatable bonds is 4. The number of ether oxygens (including phenoxy) is 1. The van der Waals surface area contributed by atoms with Crippen LogP contribution >= 0.6 is 11.6 Å². The number of benzene rings is 1. The molecule has 3 N–H and O–H groups in total. The van der Waals surface area contributed by atoms with Gasteiger partial charge in [0.25, 0.3) is 5.91 Å². The van der Waals surface area contributed by atoms with Crippen LogP contribution in [0.5, 0.6) is 5.75 Å². The Balaban J connectivity index is 2.93. The molecule has 4 nitrogen and oxygen atoms in total. The lowest BCUT2D eigenvalue weighted by Crippen LogP contribution is -2.37. The Morgan fingerprint density at radius 3 is 2.88 bits per heavy atom. The normalized spacial score (nSPS) is 12.0. The van der Waals surface area contributed by atoms with Crippen LogP contribution in [0.3, 0.4) is 0 Å². The highest BCUT2D eigenvalue weighted by molar-refractivity contribution is 6.31. The van der Waals surface area contributed by atoms with Gasteiger partial charge in [0.15, 0.2) is 0 Å². The molecule has 1 aromatic carbocycles. The van der Waals surface area contributed by atoms with Gasteiger partial charge in [-0.25, -0.2) is 0 Å². The van der Waals surface area contributed by atoms with Gasteiger partial charge in [0.05, 0.1) is 12.7 Å². The quantitative estimate of drug-likeness (QED) is 0.840. The molecule has 0 bridgehead atoms. The van der Waals surface area contributed by atoms with Gasteiger partial charge in [0, 0.05) is 17.6 Å². The summed E-state index contributed by atoms with van der Waals surface area (Å²) >= 11 is 5.83. The topological polar surface area (TPSA) is 64.3 Å². The van der Waals surface area contributed by atoms with Crippen LogP contribution in [0.2, 0.25) is 5.02 Å². The first kappa shape index (κ1) is 12.8. The molecule has 1 amide bonds. The van der Waals surface area contributed by atoms with Gasteiger partial charge in [-0.05, 0) is 25.1 Å². The third-order valence-corrected chi connectivity index (χ3v) is 2.37. The Labute approximate surface area is 99.7 Å². The summed E-state index contributed by atoms with van der Waals surface area (Å²) in [7, 11) is 1.51. The monoisotopic (exact) mass is 242 g/mol. The zero-order chi connectivity index (χ0) is 12.1. The Morgan fingerprint density at radius 2 is 2.31 bits per heavy atom. The number of nitrogens with one attached hydrogen (secondary N) is 1. The summed E-state index contributed by atoms with van der Waals surface area (Å²) in [6.45, 7) is 2.21. The third kappa shape index (κ3) is 3.12. The van der Waals surface area contributed by atoms with E-state index in [4.69, 9.17) is 22.1 Å². The second kappa shape index (κ2) is 5.72. The first-order valence-electron chi connectivity index (χ1n) is 4.93. The highest BCUT2D eigenvalue weighted by Gasteiger charge is 2.14. The second-order valence-electron chi connectivity index (χ2n) is 3.45. The fourth-order valence-electron chi connectivity index (χ4n) is 1.22. The lowest BCUT2D eigenvalue weighted by atomic mass is 10.1. The molecular weight excluding hydrogens is 228 g/mol. The molecule has 0 aliphatic carbocycles. The maximum Gasteiger partial charge on any atom is 0.255 e. The first-order chi connectivity index (χ1) is 7.58. The molecule has 0 aliphatic heterocycles. The fraction of sp³-hybridized carbons (Fsp3) is 0.364. The molecule has 0 heterocycles. The molecule has 1 atom stereocenters. The molecule has 0 spiro atoms. The van der Waals surface area contributed by atoms with Crippen LogP contribution in [0.4, 0.5) is 0 Å². The maximum absolute atomic E-state index is 11.8. The second-order valence-corrected chi connectivity index (χ2v) is 3.89. The minimum absolute atomic E-state index is 0.0869. The van der Waals surface area contributed by atoms with Gasteiger partial charge in [-0.3, -0.25) is 4.79 Å². The summed E-state index contributed by atoms with van der Waals surface area (Å²) in [5, 5.41) is 3.24. The Hall–Kier alpha value is -1.26. The van der Waals surface area contributed by atoms with Gasteiger partial charge in [-0.15, -0.1) is 0 Å². The molecule has 1 aromatic rings. The van der Waals surface area contributed by atoms with E-state index in [1.54, 1.807) is 18.2 Å². The van der Waals surface area contributed by atoms with Crippen LogP contribution in [-0.4, -0.2) is 25.6 Å². The lowest BCUT2D eigenvalue weighted by Gasteiger charge is -2.13. The highest BCUT2D eigenvalue weighted by atomic mass is 35.5. The maximum atomic E-state index is 11.8. The number of amides is 1. The average molecular weight is 243 g/mol. The van der Waals surface area contributed by atoms with Crippen molar-refractivity contribution >= 4 is 17.5 Å². The van der Waals surface area contributed by atoms with Crippen molar-refractivity contribution in [3.63, 3.8) is 0 Å². The van der Waals surface area contributed by atoms with E-state index < -0.39 is 0 Å². The zero-order valence-electron chi connectivity index (χ0n) is 9.29. The number of hydrogen-bond donors (Lipinski definition) is 2. The van der Waals surface area contributed by atoms with E-state index in [0.29, 0.717) is 22.9 Å². The van der Waals surface area contributed by atoms with Crippen LogP contribution in [0.15, 0.2) is 18.2 Å². The summed E-state index contributed by atoms with van der Waals surface area (Å²) in [5.74, 6) is 0.253. The summed E-state index contributed by atoms with van der Waals surface area (Å²) in [6.07, 6.45) is 0. The third-order valence-electron chi connectivity index (χ3n) is 2.14. The fourth-order valence-corrected chi connectivity index (χ4v) is 1.39. The van der Waals surface area contributed by atoms with Gasteiger partial charge in [-0.2, -0.15) is 0 Å². The van der Waals surface area contributed by atoms with Crippen molar-refractivity contribution in [2.45, 2.75) is 13.0 Å². The molecule has 5 heteroatoms. The predicted octanol–water partition coefficient (Wildman–Crippen LogP) is 1.43. The molecular formula is C11H15ClN2O2. The number of hydrogen-bond acceptors (Lipinski definition) is 3. The van der Waals surface area contributed by atoms with Crippen LogP contribution in [-0.2, 0) is 0 Å². The van der Waals surface area contributed by atoms with Gasteiger partial charge < -0.3 is 15.8 Å². The van der Waals surface area contributed by atoms with Crippen molar-refractivity contribution in [2.75, 3.05) is 13.7 Å². The SMILES string of the molecule is COc1ccc(Cl)cc1C(=O)N[C@@H](C)CN. The van der Waals surface area contributed by atoms with Crippen molar-refractivity contribution in [2.24, 2.45) is 5.73 Å². The highest BCUT2D eigenvalue weighted by Crippen LogP contribution is 2.22. The van der Waals surface area contributed by atoms with E-state index in [2.05, 4.69) is 5.32 Å². The largest absolute Gasteiger partial charge is 0.496 e. The number of methoxy groups -OCH3 is 1. The van der Waals surface area contributed by atoms with Crippen LogP contribution in [0, 0.1) is 0 Å². The molecule has 0 fully saturated rings. The van der Waals surface area contributed by atoms with Crippen LogP contribution in [0.1, 0.15) is 17.3 Å². The van der Waals surface area contributed by atoms with Gasteiger partial charge >= 0.3 is 0 Å². The molecule has 0 saturated carbocycles. The van der Waals surface area contributed by atoms with Gasteiger partial charge in [0.2, 0.25) is 0 Å². The van der Waals surface area contributed by atoms with E-state index in [1.807, 2.05) is 6.92 Å².